The number of halogens is 1. The molecule has 0 fully saturated rings. The Bertz CT molecular complexity index is 689. The first-order valence-corrected chi connectivity index (χ1v) is 6.57. The van der Waals surface area contributed by atoms with Gasteiger partial charge < -0.3 is 0 Å². The molecule has 3 aromatic rings. The van der Waals surface area contributed by atoms with Gasteiger partial charge in [0, 0.05) is 0 Å². The summed E-state index contributed by atoms with van der Waals surface area (Å²) in [6, 6.07) is 14.4. The van der Waals surface area contributed by atoms with E-state index in [1.165, 1.54) is 11.1 Å². The highest BCUT2D eigenvalue weighted by Gasteiger charge is 2.09. The average Bonchev–Trinajstić information content (AvgIpc) is 2.79. The summed E-state index contributed by atoms with van der Waals surface area (Å²) in [4.78, 5) is 0. The van der Waals surface area contributed by atoms with E-state index in [1.807, 2.05) is 22.9 Å². The van der Waals surface area contributed by atoms with Gasteiger partial charge in [-0.25, -0.2) is 4.68 Å². The molecule has 0 radical (unpaired) electrons. The van der Waals surface area contributed by atoms with Gasteiger partial charge >= 0.3 is 0 Å². The van der Waals surface area contributed by atoms with Crippen molar-refractivity contribution in [2.45, 2.75) is 13.5 Å². The summed E-state index contributed by atoms with van der Waals surface area (Å²) in [6.45, 7) is 2.80. The van der Waals surface area contributed by atoms with Crippen molar-refractivity contribution in [3.8, 4) is 0 Å². The van der Waals surface area contributed by atoms with Crippen LogP contribution >= 0.6 is 15.9 Å². The monoisotopic (exact) mass is 301 g/mol. The maximum absolute atomic E-state index is 4.24. The van der Waals surface area contributed by atoms with E-state index in [1.54, 1.807) is 0 Å². The number of hydrogen-bond acceptors (Lipinski definition) is 2. The molecular weight excluding hydrogens is 290 g/mol. The summed E-state index contributed by atoms with van der Waals surface area (Å²) in [7, 11) is 0. The highest BCUT2D eigenvalue weighted by Crippen LogP contribution is 2.25. The zero-order valence-electron chi connectivity index (χ0n) is 9.97. The van der Waals surface area contributed by atoms with Crippen LogP contribution in [0.1, 0.15) is 11.1 Å². The van der Waals surface area contributed by atoms with Crippen LogP contribution in [-0.4, -0.2) is 15.0 Å². The van der Waals surface area contributed by atoms with Gasteiger partial charge in [-0.3, -0.25) is 0 Å². The average molecular weight is 302 g/mol. The lowest BCUT2D eigenvalue weighted by Crippen LogP contribution is -2.01. The van der Waals surface area contributed by atoms with Crippen molar-refractivity contribution in [1.82, 2.24) is 15.0 Å². The second kappa shape index (κ2) is 4.53. The number of benzene rings is 2. The van der Waals surface area contributed by atoms with Gasteiger partial charge in [-0.2, -0.15) is 0 Å². The Balaban J connectivity index is 2.06. The van der Waals surface area contributed by atoms with E-state index in [-0.39, 0.29) is 0 Å². The van der Waals surface area contributed by atoms with Crippen LogP contribution in [0, 0.1) is 6.92 Å². The summed E-state index contributed by atoms with van der Waals surface area (Å²) in [5.41, 5.74) is 4.37. The highest BCUT2D eigenvalue weighted by atomic mass is 79.9. The van der Waals surface area contributed by atoms with Gasteiger partial charge in [0.2, 0.25) is 0 Å². The van der Waals surface area contributed by atoms with Gasteiger partial charge in [0.15, 0.2) is 0 Å². The summed E-state index contributed by atoms with van der Waals surface area (Å²) in [5.74, 6) is 0. The maximum Gasteiger partial charge on any atom is 0.127 e. The van der Waals surface area contributed by atoms with Crippen LogP contribution in [0.25, 0.3) is 11.0 Å². The van der Waals surface area contributed by atoms with Crippen LogP contribution in [0.4, 0.5) is 0 Å². The van der Waals surface area contributed by atoms with Crippen LogP contribution in [0.2, 0.25) is 0 Å². The fourth-order valence-electron chi connectivity index (χ4n) is 1.98. The van der Waals surface area contributed by atoms with E-state index >= 15 is 0 Å². The topological polar surface area (TPSA) is 30.7 Å². The van der Waals surface area contributed by atoms with Gasteiger partial charge in [0.25, 0.3) is 0 Å². The molecule has 0 spiro atoms. The predicted molar refractivity (Wildman–Crippen MR) is 75.5 cm³/mol. The number of fused-ring (bicyclic) bond motifs is 1. The van der Waals surface area contributed by atoms with E-state index in [9.17, 15) is 0 Å². The quantitative estimate of drug-likeness (QED) is 0.725. The predicted octanol–water partition coefficient (Wildman–Crippen LogP) is 3.55. The molecule has 3 rings (SSSR count). The molecule has 0 atom stereocenters. The third-order valence-corrected chi connectivity index (χ3v) is 3.99. The van der Waals surface area contributed by atoms with Crippen molar-refractivity contribution < 1.29 is 0 Å². The maximum atomic E-state index is 4.24. The minimum Gasteiger partial charge on any atom is -0.240 e. The number of nitrogens with zero attached hydrogens (tertiary/aromatic N) is 3. The molecule has 0 unspecified atom stereocenters. The number of aromatic nitrogens is 3. The third-order valence-electron chi connectivity index (χ3n) is 2.99. The third kappa shape index (κ3) is 1.93. The first-order chi connectivity index (χ1) is 8.75. The SMILES string of the molecule is Cc1ccc2c(nnn2Cc2ccccc2)c1Br. The van der Waals surface area contributed by atoms with Gasteiger partial charge in [-0.15, -0.1) is 5.10 Å². The molecule has 90 valence electrons. The van der Waals surface area contributed by atoms with Crippen molar-refractivity contribution in [1.29, 1.82) is 0 Å². The van der Waals surface area contributed by atoms with Crippen molar-refractivity contribution >= 4 is 27.0 Å². The molecule has 18 heavy (non-hydrogen) atoms. The molecule has 0 bridgehead atoms. The molecule has 0 saturated heterocycles. The molecule has 2 aromatic carbocycles. The Morgan fingerprint density at radius 1 is 1.11 bits per heavy atom. The zero-order chi connectivity index (χ0) is 12.5. The Morgan fingerprint density at radius 3 is 2.67 bits per heavy atom. The van der Waals surface area contributed by atoms with Crippen LogP contribution in [-0.2, 0) is 6.54 Å². The molecule has 4 heteroatoms. The van der Waals surface area contributed by atoms with Crippen molar-refractivity contribution in [2.24, 2.45) is 0 Å². The summed E-state index contributed by atoms with van der Waals surface area (Å²) in [6.07, 6.45) is 0. The number of aryl methyl sites for hydroxylation is 1. The molecule has 1 aromatic heterocycles. The minimum atomic E-state index is 0.743. The highest BCUT2D eigenvalue weighted by molar-refractivity contribution is 9.10. The zero-order valence-corrected chi connectivity index (χ0v) is 11.6. The standard InChI is InChI=1S/C14H12BrN3/c1-10-7-8-12-14(13(10)15)16-17-18(12)9-11-5-3-2-4-6-11/h2-8H,9H2,1H3. The van der Waals surface area contributed by atoms with Crippen molar-refractivity contribution in [3.63, 3.8) is 0 Å². The lowest BCUT2D eigenvalue weighted by atomic mass is 10.2. The fraction of sp³-hybridized carbons (Fsp3) is 0.143. The molecule has 0 aliphatic heterocycles. The van der Waals surface area contributed by atoms with Crippen molar-refractivity contribution in [3.05, 3.63) is 58.1 Å². The number of hydrogen-bond donors (Lipinski definition) is 0. The van der Waals surface area contributed by atoms with E-state index < -0.39 is 0 Å². The minimum absolute atomic E-state index is 0.743. The van der Waals surface area contributed by atoms with Crippen LogP contribution < -0.4 is 0 Å². The molecule has 0 N–H and O–H groups in total. The molecule has 1 heterocycles. The van der Waals surface area contributed by atoms with E-state index in [2.05, 4.69) is 57.4 Å². The van der Waals surface area contributed by atoms with Gasteiger partial charge in [-0.1, -0.05) is 41.6 Å². The lowest BCUT2D eigenvalue weighted by Gasteiger charge is -2.03. The Labute approximate surface area is 114 Å². The summed E-state index contributed by atoms with van der Waals surface area (Å²) in [5, 5.41) is 8.47. The normalized spacial score (nSPS) is 11.0. The molecule has 3 nitrogen and oxygen atoms in total. The van der Waals surface area contributed by atoms with Crippen molar-refractivity contribution in [2.75, 3.05) is 0 Å². The largest absolute Gasteiger partial charge is 0.240 e. The molecule has 0 amide bonds. The Hall–Kier alpha value is -1.68. The summed E-state index contributed by atoms with van der Waals surface area (Å²) < 4.78 is 2.95. The lowest BCUT2D eigenvalue weighted by molar-refractivity contribution is 0.670. The van der Waals surface area contributed by atoms with Crippen LogP contribution in [0.15, 0.2) is 46.9 Å². The first-order valence-electron chi connectivity index (χ1n) is 5.78. The second-order valence-electron chi connectivity index (χ2n) is 4.30. The van der Waals surface area contributed by atoms with Crippen LogP contribution in [0.5, 0.6) is 0 Å². The van der Waals surface area contributed by atoms with E-state index in [0.717, 1.165) is 22.1 Å². The van der Waals surface area contributed by atoms with Gasteiger partial charge in [0.05, 0.1) is 16.5 Å². The van der Waals surface area contributed by atoms with Crippen LogP contribution in [0.3, 0.4) is 0 Å². The Kier molecular flexibility index (Phi) is 2.88. The van der Waals surface area contributed by atoms with Gasteiger partial charge in [0.1, 0.15) is 5.52 Å². The molecule has 0 aliphatic rings. The molecular formula is C14H12BrN3. The van der Waals surface area contributed by atoms with E-state index in [4.69, 9.17) is 0 Å². The molecule has 0 aliphatic carbocycles. The summed E-state index contributed by atoms with van der Waals surface area (Å²) >= 11 is 3.56. The van der Waals surface area contributed by atoms with E-state index in [0.29, 0.717) is 0 Å². The van der Waals surface area contributed by atoms with Gasteiger partial charge in [-0.05, 0) is 40.0 Å². The second-order valence-corrected chi connectivity index (χ2v) is 5.09. The fourth-order valence-corrected chi connectivity index (χ4v) is 2.39. The molecule has 0 saturated carbocycles. The number of rotatable bonds is 2. The Morgan fingerprint density at radius 2 is 1.89 bits per heavy atom. The smallest absolute Gasteiger partial charge is 0.127 e. The first kappa shape index (κ1) is 11.4.